The van der Waals surface area contributed by atoms with E-state index in [9.17, 15) is 0 Å². The van der Waals surface area contributed by atoms with Crippen molar-refractivity contribution in [2.75, 3.05) is 23.3 Å². The number of anilines is 2. The summed E-state index contributed by atoms with van der Waals surface area (Å²) < 4.78 is 0. The van der Waals surface area contributed by atoms with Crippen molar-refractivity contribution in [1.82, 2.24) is 10.2 Å². The lowest BCUT2D eigenvalue weighted by Gasteiger charge is -2.35. The number of hydrogen-bond acceptors (Lipinski definition) is 3. The van der Waals surface area contributed by atoms with Crippen LogP contribution in [0.2, 0.25) is 10.0 Å². The first kappa shape index (κ1) is 15.6. The molecule has 24 heavy (non-hydrogen) atoms. The molecule has 1 aliphatic rings. The van der Waals surface area contributed by atoms with Gasteiger partial charge in [0.15, 0.2) is 0 Å². The van der Waals surface area contributed by atoms with Crippen molar-refractivity contribution in [3.05, 3.63) is 52.6 Å². The molecule has 6 heteroatoms. The fourth-order valence-corrected chi connectivity index (χ4v) is 3.57. The van der Waals surface area contributed by atoms with Crippen LogP contribution in [0, 0.1) is 0 Å². The zero-order chi connectivity index (χ0) is 16.5. The predicted molar refractivity (Wildman–Crippen MR) is 101 cm³/mol. The molecule has 124 valence electrons. The van der Waals surface area contributed by atoms with Gasteiger partial charge >= 0.3 is 0 Å². The molecule has 1 unspecified atom stereocenters. The highest BCUT2D eigenvalue weighted by atomic mass is 35.5. The average Bonchev–Trinajstić information content (AvgIpc) is 3.05. The van der Waals surface area contributed by atoms with Crippen LogP contribution in [0.4, 0.5) is 11.4 Å². The Kier molecular flexibility index (Phi) is 4.25. The summed E-state index contributed by atoms with van der Waals surface area (Å²) in [6.45, 7) is 1.98. The quantitative estimate of drug-likeness (QED) is 0.694. The normalized spacial score (nSPS) is 18.1. The molecule has 2 N–H and O–H groups in total. The lowest BCUT2D eigenvalue weighted by Crippen LogP contribution is -2.42. The van der Waals surface area contributed by atoms with Crippen LogP contribution >= 0.6 is 23.2 Å². The van der Waals surface area contributed by atoms with Crippen molar-refractivity contribution in [2.45, 2.75) is 18.9 Å². The summed E-state index contributed by atoms with van der Waals surface area (Å²) >= 11 is 12.2. The zero-order valence-corrected chi connectivity index (χ0v) is 14.6. The van der Waals surface area contributed by atoms with Gasteiger partial charge in [-0.25, -0.2) is 0 Å². The Morgan fingerprint density at radius 1 is 1.12 bits per heavy atom. The van der Waals surface area contributed by atoms with Crippen LogP contribution in [0.5, 0.6) is 0 Å². The highest BCUT2D eigenvalue weighted by molar-refractivity contribution is 6.42. The van der Waals surface area contributed by atoms with Crippen LogP contribution in [-0.4, -0.2) is 29.3 Å². The van der Waals surface area contributed by atoms with Crippen LogP contribution in [-0.2, 0) is 0 Å². The molecule has 0 bridgehead atoms. The number of H-pyrrole nitrogens is 1. The molecular weight excluding hydrogens is 343 g/mol. The molecule has 1 aromatic heterocycles. The summed E-state index contributed by atoms with van der Waals surface area (Å²) in [4.78, 5) is 2.36. The van der Waals surface area contributed by atoms with Crippen LogP contribution in [0.1, 0.15) is 12.8 Å². The van der Waals surface area contributed by atoms with E-state index in [0.29, 0.717) is 16.1 Å². The Labute approximate surface area is 150 Å². The maximum atomic E-state index is 6.16. The lowest BCUT2D eigenvalue weighted by molar-refractivity contribution is 0.530. The van der Waals surface area contributed by atoms with E-state index in [-0.39, 0.29) is 0 Å². The molecule has 1 fully saturated rings. The van der Waals surface area contributed by atoms with Crippen molar-refractivity contribution >= 4 is 45.5 Å². The molecule has 4 rings (SSSR count). The SMILES string of the molecule is Clc1ccc(N2CCCC(Nc3ccc4[nH]ncc4c3)C2)cc1Cl. The Hall–Kier alpha value is -1.91. The van der Waals surface area contributed by atoms with E-state index in [4.69, 9.17) is 23.2 Å². The molecule has 1 aliphatic heterocycles. The van der Waals surface area contributed by atoms with Crippen molar-refractivity contribution < 1.29 is 0 Å². The summed E-state index contributed by atoms with van der Waals surface area (Å²) in [7, 11) is 0. The van der Waals surface area contributed by atoms with Gasteiger partial charge in [0.2, 0.25) is 0 Å². The summed E-state index contributed by atoms with van der Waals surface area (Å²) in [5.74, 6) is 0. The first-order chi connectivity index (χ1) is 11.7. The number of hydrogen-bond donors (Lipinski definition) is 2. The number of nitrogens with zero attached hydrogens (tertiary/aromatic N) is 2. The third-order valence-corrected chi connectivity index (χ3v) is 5.24. The van der Waals surface area contributed by atoms with Gasteiger partial charge in [0.05, 0.1) is 21.8 Å². The number of benzene rings is 2. The number of nitrogens with one attached hydrogen (secondary N) is 2. The van der Waals surface area contributed by atoms with Gasteiger partial charge < -0.3 is 10.2 Å². The molecule has 1 saturated heterocycles. The molecular formula is C18H18Cl2N4. The molecule has 1 atom stereocenters. The van der Waals surface area contributed by atoms with E-state index in [1.165, 1.54) is 0 Å². The summed E-state index contributed by atoms with van der Waals surface area (Å²) in [5.41, 5.74) is 3.31. The third-order valence-electron chi connectivity index (χ3n) is 4.50. The van der Waals surface area contributed by atoms with Gasteiger partial charge in [-0.15, -0.1) is 0 Å². The lowest BCUT2D eigenvalue weighted by atomic mass is 10.0. The van der Waals surface area contributed by atoms with Crippen molar-refractivity contribution in [2.24, 2.45) is 0 Å². The van der Waals surface area contributed by atoms with Crippen molar-refractivity contribution in [1.29, 1.82) is 0 Å². The van der Waals surface area contributed by atoms with E-state index >= 15 is 0 Å². The second-order valence-electron chi connectivity index (χ2n) is 6.20. The largest absolute Gasteiger partial charge is 0.381 e. The molecule has 0 saturated carbocycles. The second-order valence-corrected chi connectivity index (χ2v) is 7.01. The minimum absolute atomic E-state index is 0.401. The molecule has 4 nitrogen and oxygen atoms in total. The van der Waals surface area contributed by atoms with Gasteiger partial charge in [-0.1, -0.05) is 23.2 Å². The van der Waals surface area contributed by atoms with Crippen LogP contribution in [0.15, 0.2) is 42.6 Å². The predicted octanol–water partition coefficient (Wildman–Crippen LogP) is 4.95. The smallest absolute Gasteiger partial charge is 0.0651 e. The Balaban J connectivity index is 1.48. The molecule has 2 heterocycles. The Morgan fingerprint density at radius 3 is 2.92 bits per heavy atom. The van der Waals surface area contributed by atoms with E-state index in [1.807, 2.05) is 24.4 Å². The number of aromatic nitrogens is 2. The topological polar surface area (TPSA) is 44.0 Å². The van der Waals surface area contributed by atoms with Gasteiger partial charge in [0.25, 0.3) is 0 Å². The summed E-state index contributed by atoms with van der Waals surface area (Å²) in [5, 5.41) is 13.0. The van der Waals surface area contributed by atoms with Crippen LogP contribution < -0.4 is 10.2 Å². The Bertz CT molecular complexity index is 861. The van der Waals surface area contributed by atoms with Gasteiger partial charge in [0, 0.05) is 35.9 Å². The van der Waals surface area contributed by atoms with Gasteiger partial charge in [-0.05, 0) is 49.2 Å². The minimum Gasteiger partial charge on any atom is -0.381 e. The van der Waals surface area contributed by atoms with Gasteiger partial charge in [-0.3, -0.25) is 5.10 Å². The van der Waals surface area contributed by atoms with E-state index in [0.717, 1.165) is 48.2 Å². The number of aromatic amines is 1. The molecule has 0 aliphatic carbocycles. The fourth-order valence-electron chi connectivity index (χ4n) is 3.28. The van der Waals surface area contributed by atoms with E-state index in [1.54, 1.807) is 0 Å². The van der Waals surface area contributed by atoms with Crippen LogP contribution in [0.25, 0.3) is 10.9 Å². The highest BCUT2D eigenvalue weighted by Gasteiger charge is 2.20. The zero-order valence-electron chi connectivity index (χ0n) is 13.1. The first-order valence-electron chi connectivity index (χ1n) is 8.09. The standard InChI is InChI=1S/C18H18Cl2N4/c19-16-5-4-15(9-17(16)20)24-7-1-2-14(11-24)22-13-3-6-18-12(8-13)10-21-23-18/h3-6,8-10,14,22H,1-2,7,11H2,(H,21,23). The van der Waals surface area contributed by atoms with E-state index < -0.39 is 0 Å². The molecule has 3 aromatic rings. The van der Waals surface area contributed by atoms with Crippen molar-refractivity contribution in [3.63, 3.8) is 0 Å². The summed E-state index contributed by atoms with van der Waals surface area (Å²) in [6.07, 6.45) is 4.15. The van der Waals surface area contributed by atoms with E-state index in [2.05, 4.69) is 38.6 Å². The molecule has 0 radical (unpaired) electrons. The Morgan fingerprint density at radius 2 is 2.04 bits per heavy atom. The number of piperidine rings is 1. The monoisotopic (exact) mass is 360 g/mol. The number of rotatable bonds is 3. The maximum Gasteiger partial charge on any atom is 0.0651 e. The highest BCUT2D eigenvalue weighted by Crippen LogP contribution is 2.29. The number of fused-ring (bicyclic) bond motifs is 1. The minimum atomic E-state index is 0.401. The van der Waals surface area contributed by atoms with Crippen LogP contribution in [0.3, 0.4) is 0 Å². The number of halogens is 2. The van der Waals surface area contributed by atoms with Crippen molar-refractivity contribution in [3.8, 4) is 0 Å². The maximum absolute atomic E-state index is 6.16. The molecule has 2 aromatic carbocycles. The second kappa shape index (κ2) is 6.54. The average molecular weight is 361 g/mol. The molecule has 0 spiro atoms. The van der Waals surface area contributed by atoms with Gasteiger partial charge in [-0.2, -0.15) is 5.10 Å². The first-order valence-corrected chi connectivity index (χ1v) is 8.84. The summed E-state index contributed by atoms with van der Waals surface area (Å²) in [6, 6.07) is 12.5. The molecule has 0 amide bonds. The van der Waals surface area contributed by atoms with Gasteiger partial charge in [0.1, 0.15) is 0 Å². The third kappa shape index (κ3) is 3.17. The fraction of sp³-hybridized carbons (Fsp3) is 0.278.